The van der Waals surface area contributed by atoms with Crippen LogP contribution in [0.1, 0.15) is 10.4 Å². The standard InChI is InChI=1S/C13H14BrFN2O2S2/c1-16-7-9-2-3-11(15)13(6-9)21(18,19)17-8-12-10(14)4-5-20-12/h2-6,16-17H,7-8H2,1H3. The molecule has 0 amide bonds. The van der Waals surface area contributed by atoms with Crippen LogP contribution in [0, 0.1) is 5.82 Å². The van der Waals surface area contributed by atoms with E-state index in [1.807, 2.05) is 11.4 Å². The van der Waals surface area contributed by atoms with Crippen molar-refractivity contribution in [3.05, 3.63) is 50.4 Å². The lowest BCUT2D eigenvalue weighted by atomic mass is 10.2. The molecule has 4 nitrogen and oxygen atoms in total. The zero-order valence-electron chi connectivity index (χ0n) is 11.2. The molecular weight excluding hydrogens is 379 g/mol. The quantitative estimate of drug-likeness (QED) is 0.794. The fourth-order valence-electron chi connectivity index (χ4n) is 1.76. The van der Waals surface area contributed by atoms with Gasteiger partial charge in [-0.05, 0) is 52.1 Å². The lowest BCUT2D eigenvalue weighted by molar-refractivity contribution is 0.556. The fraction of sp³-hybridized carbons (Fsp3) is 0.231. The molecule has 0 spiro atoms. The Labute approximate surface area is 135 Å². The molecule has 0 fully saturated rings. The van der Waals surface area contributed by atoms with Gasteiger partial charge in [0.2, 0.25) is 10.0 Å². The molecule has 0 atom stereocenters. The lowest BCUT2D eigenvalue weighted by Crippen LogP contribution is -2.24. The van der Waals surface area contributed by atoms with Crippen molar-refractivity contribution in [1.29, 1.82) is 0 Å². The number of halogens is 2. The van der Waals surface area contributed by atoms with E-state index in [4.69, 9.17) is 0 Å². The largest absolute Gasteiger partial charge is 0.316 e. The predicted octanol–water partition coefficient (Wildman–Crippen LogP) is 2.85. The number of benzene rings is 1. The van der Waals surface area contributed by atoms with Gasteiger partial charge >= 0.3 is 0 Å². The molecule has 114 valence electrons. The normalized spacial score (nSPS) is 11.8. The minimum absolute atomic E-state index is 0.121. The van der Waals surface area contributed by atoms with Gasteiger partial charge in [0.15, 0.2) is 0 Å². The Bertz CT molecular complexity index is 732. The van der Waals surface area contributed by atoms with Gasteiger partial charge in [-0.15, -0.1) is 11.3 Å². The maximum Gasteiger partial charge on any atom is 0.243 e. The van der Waals surface area contributed by atoms with Crippen molar-refractivity contribution in [2.45, 2.75) is 18.0 Å². The zero-order valence-corrected chi connectivity index (χ0v) is 14.4. The maximum atomic E-state index is 13.8. The third-order valence-corrected chi connectivity index (χ3v) is 6.12. The van der Waals surface area contributed by atoms with Crippen LogP contribution in [-0.4, -0.2) is 15.5 Å². The number of rotatable bonds is 6. The molecule has 0 aliphatic rings. The van der Waals surface area contributed by atoms with Crippen molar-refractivity contribution in [1.82, 2.24) is 10.0 Å². The first-order valence-electron chi connectivity index (χ1n) is 6.08. The maximum absolute atomic E-state index is 13.8. The minimum Gasteiger partial charge on any atom is -0.316 e. The summed E-state index contributed by atoms with van der Waals surface area (Å²) in [6.45, 7) is 0.593. The first kappa shape index (κ1) is 16.6. The second kappa shape index (κ2) is 6.97. The van der Waals surface area contributed by atoms with Crippen molar-refractivity contribution in [3.8, 4) is 0 Å². The van der Waals surface area contributed by atoms with E-state index in [1.54, 1.807) is 13.1 Å². The summed E-state index contributed by atoms with van der Waals surface area (Å²) >= 11 is 4.75. The minimum atomic E-state index is -3.89. The van der Waals surface area contributed by atoms with Crippen LogP contribution in [0.2, 0.25) is 0 Å². The van der Waals surface area contributed by atoms with Crippen LogP contribution in [0.25, 0.3) is 0 Å². The van der Waals surface area contributed by atoms with E-state index in [1.165, 1.54) is 23.5 Å². The molecule has 21 heavy (non-hydrogen) atoms. The van der Waals surface area contributed by atoms with Crippen molar-refractivity contribution >= 4 is 37.3 Å². The summed E-state index contributed by atoms with van der Waals surface area (Å²) in [6, 6.07) is 5.91. The summed E-state index contributed by atoms with van der Waals surface area (Å²) in [5, 5.41) is 4.75. The number of hydrogen-bond acceptors (Lipinski definition) is 4. The fourth-order valence-corrected chi connectivity index (χ4v) is 4.40. The Morgan fingerprint density at radius 3 is 2.67 bits per heavy atom. The molecule has 2 rings (SSSR count). The number of hydrogen-bond donors (Lipinski definition) is 2. The van der Waals surface area contributed by atoms with Crippen LogP contribution < -0.4 is 10.0 Å². The van der Waals surface area contributed by atoms with Crippen LogP contribution in [0.3, 0.4) is 0 Å². The highest BCUT2D eigenvalue weighted by atomic mass is 79.9. The van der Waals surface area contributed by atoms with Gasteiger partial charge in [-0.3, -0.25) is 0 Å². The molecular formula is C13H14BrFN2O2S2. The van der Waals surface area contributed by atoms with Gasteiger partial charge in [0.05, 0.1) is 0 Å². The highest BCUT2D eigenvalue weighted by Crippen LogP contribution is 2.23. The SMILES string of the molecule is CNCc1ccc(F)c(S(=O)(=O)NCc2sccc2Br)c1. The lowest BCUT2D eigenvalue weighted by Gasteiger charge is -2.09. The molecule has 1 aromatic carbocycles. The molecule has 0 unspecified atom stereocenters. The van der Waals surface area contributed by atoms with Crippen molar-refractivity contribution < 1.29 is 12.8 Å². The molecule has 0 saturated carbocycles. The molecule has 1 heterocycles. The molecule has 0 saturated heterocycles. The molecule has 2 N–H and O–H groups in total. The van der Waals surface area contributed by atoms with E-state index in [0.29, 0.717) is 12.1 Å². The van der Waals surface area contributed by atoms with Gasteiger partial charge in [0.25, 0.3) is 0 Å². The average Bonchev–Trinajstić information content (AvgIpc) is 2.84. The van der Waals surface area contributed by atoms with E-state index in [9.17, 15) is 12.8 Å². The molecule has 0 aliphatic carbocycles. The van der Waals surface area contributed by atoms with E-state index in [2.05, 4.69) is 26.0 Å². The van der Waals surface area contributed by atoms with Crippen LogP contribution >= 0.6 is 27.3 Å². The topological polar surface area (TPSA) is 58.2 Å². The molecule has 2 aromatic rings. The van der Waals surface area contributed by atoms with Gasteiger partial charge in [-0.1, -0.05) is 6.07 Å². The summed E-state index contributed by atoms with van der Waals surface area (Å²) < 4.78 is 41.5. The van der Waals surface area contributed by atoms with Gasteiger partial charge in [-0.25, -0.2) is 17.5 Å². The van der Waals surface area contributed by atoms with Crippen molar-refractivity contribution in [2.75, 3.05) is 7.05 Å². The summed E-state index contributed by atoms with van der Waals surface area (Å²) in [7, 11) is -2.15. The molecule has 0 aliphatic heterocycles. The Morgan fingerprint density at radius 1 is 1.29 bits per heavy atom. The summed E-state index contributed by atoms with van der Waals surface area (Å²) in [4.78, 5) is 0.508. The van der Waals surface area contributed by atoms with E-state index < -0.39 is 15.8 Å². The molecule has 0 bridgehead atoms. The first-order valence-corrected chi connectivity index (χ1v) is 9.24. The molecule has 0 radical (unpaired) electrons. The third kappa shape index (κ3) is 4.10. The smallest absolute Gasteiger partial charge is 0.243 e. The van der Waals surface area contributed by atoms with E-state index >= 15 is 0 Å². The Morgan fingerprint density at radius 2 is 2.05 bits per heavy atom. The summed E-state index contributed by atoms with van der Waals surface area (Å²) in [5.74, 6) is -0.757. The van der Waals surface area contributed by atoms with Gasteiger partial charge in [0.1, 0.15) is 10.7 Å². The number of thiophene rings is 1. The van der Waals surface area contributed by atoms with Crippen molar-refractivity contribution in [2.24, 2.45) is 0 Å². The second-order valence-electron chi connectivity index (χ2n) is 4.31. The Hall–Kier alpha value is -0.800. The third-order valence-electron chi connectivity index (χ3n) is 2.78. The van der Waals surface area contributed by atoms with Crippen LogP contribution in [-0.2, 0) is 23.1 Å². The predicted molar refractivity (Wildman–Crippen MR) is 85.2 cm³/mol. The monoisotopic (exact) mass is 392 g/mol. The molecule has 8 heteroatoms. The van der Waals surface area contributed by atoms with Crippen molar-refractivity contribution in [3.63, 3.8) is 0 Å². The average molecular weight is 393 g/mol. The van der Waals surface area contributed by atoms with Gasteiger partial charge in [-0.2, -0.15) is 0 Å². The van der Waals surface area contributed by atoms with E-state index in [0.717, 1.165) is 9.35 Å². The first-order chi connectivity index (χ1) is 9.94. The molecule has 1 aromatic heterocycles. The van der Waals surface area contributed by atoms with Crippen LogP contribution in [0.4, 0.5) is 4.39 Å². The van der Waals surface area contributed by atoms with Crippen LogP contribution in [0.15, 0.2) is 39.0 Å². The Balaban J connectivity index is 2.22. The highest BCUT2D eigenvalue weighted by Gasteiger charge is 2.20. The summed E-state index contributed by atoms with van der Waals surface area (Å²) in [5.41, 5.74) is 0.705. The highest BCUT2D eigenvalue weighted by molar-refractivity contribution is 9.10. The van der Waals surface area contributed by atoms with Gasteiger partial charge < -0.3 is 5.32 Å². The van der Waals surface area contributed by atoms with Crippen LogP contribution in [0.5, 0.6) is 0 Å². The summed E-state index contributed by atoms with van der Waals surface area (Å²) in [6.07, 6.45) is 0. The number of nitrogens with one attached hydrogen (secondary N) is 2. The van der Waals surface area contributed by atoms with E-state index in [-0.39, 0.29) is 11.4 Å². The number of sulfonamides is 1. The zero-order chi connectivity index (χ0) is 15.5. The van der Waals surface area contributed by atoms with Gasteiger partial charge in [0, 0.05) is 22.4 Å². The Kier molecular flexibility index (Phi) is 5.50. The second-order valence-corrected chi connectivity index (χ2v) is 7.90.